The van der Waals surface area contributed by atoms with Gasteiger partial charge in [0.1, 0.15) is 0 Å². The molecule has 4 heteroatoms. The van der Waals surface area contributed by atoms with Gasteiger partial charge in [-0.2, -0.15) is 0 Å². The summed E-state index contributed by atoms with van der Waals surface area (Å²) in [5.41, 5.74) is 7.50. The molecule has 88 valence electrons. The average molecular weight is 221 g/mol. The molecule has 0 fully saturated rings. The minimum Gasteiger partial charge on any atom is -0.330 e. The fourth-order valence-electron chi connectivity index (χ4n) is 1.48. The van der Waals surface area contributed by atoms with Gasteiger partial charge in [-0.15, -0.1) is 0 Å². The van der Waals surface area contributed by atoms with Crippen LogP contribution in [-0.2, 0) is 6.54 Å². The van der Waals surface area contributed by atoms with Crippen LogP contribution in [0.2, 0.25) is 0 Å². The van der Waals surface area contributed by atoms with Crippen molar-refractivity contribution < 1.29 is 4.79 Å². The molecule has 2 amide bonds. The van der Waals surface area contributed by atoms with Gasteiger partial charge >= 0.3 is 6.03 Å². The van der Waals surface area contributed by atoms with E-state index >= 15 is 0 Å². The highest BCUT2D eigenvalue weighted by atomic mass is 16.2. The van der Waals surface area contributed by atoms with Crippen molar-refractivity contribution in [2.45, 2.75) is 13.5 Å². The average Bonchev–Trinajstić information content (AvgIpc) is 2.30. The Bertz CT molecular complexity index is 346. The van der Waals surface area contributed by atoms with Crippen molar-refractivity contribution in [2.24, 2.45) is 5.73 Å². The van der Waals surface area contributed by atoms with Gasteiger partial charge in [0.05, 0.1) is 0 Å². The molecule has 0 unspecified atom stereocenters. The lowest BCUT2D eigenvalue weighted by atomic mass is 10.2. The quantitative estimate of drug-likeness (QED) is 0.843. The Labute approximate surface area is 96.6 Å². The summed E-state index contributed by atoms with van der Waals surface area (Å²) < 4.78 is 0. The summed E-state index contributed by atoms with van der Waals surface area (Å²) in [7, 11) is 3.50. The Hall–Kier alpha value is -1.55. The number of hydrogen-bond donors (Lipinski definition) is 1. The first kappa shape index (κ1) is 12.5. The molecule has 0 bridgehead atoms. The van der Waals surface area contributed by atoms with Crippen molar-refractivity contribution in [2.75, 3.05) is 25.5 Å². The first-order valence-electron chi connectivity index (χ1n) is 5.38. The van der Waals surface area contributed by atoms with Gasteiger partial charge in [-0.25, -0.2) is 4.79 Å². The molecular formula is C12H19N3O. The first-order valence-corrected chi connectivity index (χ1v) is 5.38. The lowest BCUT2D eigenvalue weighted by Crippen LogP contribution is -2.39. The number of anilines is 1. The van der Waals surface area contributed by atoms with Crippen molar-refractivity contribution in [3.8, 4) is 0 Å². The van der Waals surface area contributed by atoms with Crippen LogP contribution in [0.5, 0.6) is 0 Å². The lowest BCUT2D eigenvalue weighted by molar-refractivity contribution is 0.224. The van der Waals surface area contributed by atoms with Crippen molar-refractivity contribution in [3.05, 3.63) is 29.8 Å². The fraction of sp³-hybridized carbons (Fsp3) is 0.417. The Kier molecular flexibility index (Phi) is 4.31. The Morgan fingerprint density at radius 1 is 1.25 bits per heavy atom. The number of rotatable bonds is 3. The second-order valence-electron chi connectivity index (χ2n) is 3.79. The molecule has 0 atom stereocenters. The SMILES string of the molecule is CCN(C(=O)N(C)C)c1ccc(CN)cc1. The van der Waals surface area contributed by atoms with E-state index in [4.69, 9.17) is 5.73 Å². The Morgan fingerprint density at radius 3 is 2.19 bits per heavy atom. The maximum absolute atomic E-state index is 11.9. The monoisotopic (exact) mass is 221 g/mol. The van der Waals surface area contributed by atoms with Gasteiger partial charge in [0.25, 0.3) is 0 Å². The van der Waals surface area contributed by atoms with Crippen LogP contribution >= 0.6 is 0 Å². The third-order valence-corrected chi connectivity index (χ3v) is 2.41. The van der Waals surface area contributed by atoms with E-state index in [2.05, 4.69) is 0 Å². The number of carbonyl (C=O) groups excluding carboxylic acids is 1. The van der Waals surface area contributed by atoms with Crippen LogP contribution in [0.15, 0.2) is 24.3 Å². The highest BCUT2D eigenvalue weighted by molar-refractivity contribution is 5.91. The van der Waals surface area contributed by atoms with Gasteiger partial charge in [0, 0.05) is 32.9 Å². The second kappa shape index (κ2) is 5.51. The molecule has 0 saturated heterocycles. The third-order valence-electron chi connectivity index (χ3n) is 2.41. The van der Waals surface area contributed by atoms with Crippen molar-refractivity contribution in [1.82, 2.24) is 4.90 Å². The van der Waals surface area contributed by atoms with Gasteiger partial charge in [-0.05, 0) is 24.6 Å². The normalized spacial score (nSPS) is 10.0. The minimum absolute atomic E-state index is 0.0111. The molecule has 1 aromatic rings. The van der Waals surface area contributed by atoms with Gasteiger partial charge in [0.15, 0.2) is 0 Å². The number of benzene rings is 1. The maximum atomic E-state index is 11.9. The van der Waals surface area contributed by atoms with Crippen molar-refractivity contribution in [1.29, 1.82) is 0 Å². The number of nitrogens with zero attached hydrogens (tertiary/aromatic N) is 2. The summed E-state index contributed by atoms with van der Waals surface area (Å²) >= 11 is 0. The number of urea groups is 1. The van der Waals surface area contributed by atoms with Gasteiger partial charge in [-0.3, -0.25) is 4.90 Å². The zero-order valence-electron chi connectivity index (χ0n) is 10.1. The van der Waals surface area contributed by atoms with E-state index in [-0.39, 0.29) is 6.03 Å². The van der Waals surface area contributed by atoms with Crippen LogP contribution in [0, 0.1) is 0 Å². The smallest absolute Gasteiger partial charge is 0.323 e. The van der Waals surface area contributed by atoms with E-state index in [9.17, 15) is 4.79 Å². The molecule has 1 aromatic carbocycles. The summed E-state index contributed by atoms with van der Waals surface area (Å²) in [6, 6.07) is 7.73. The summed E-state index contributed by atoms with van der Waals surface area (Å²) in [4.78, 5) is 15.1. The standard InChI is InChI=1S/C12H19N3O/c1-4-15(12(16)14(2)3)11-7-5-10(9-13)6-8-11/h5-8H,4,9,13H2,1-3H3. The second-order valence-corrected chi connectivity index (χ2v) is 3.79. The number of nitrogens with two attached hydrogens (primary N) is 1. The van der Waals surface area contributed by atoms with Gasteiger partial charge in [-0.1, -0.05) is 12.1 Å². The Balaban J connectivity index is 2.91. The zero-order valence-corrected chi connectivity index (χ0v) is 10.1. The molecule has 16 heavy (non-hydrogen) atoms. The molecule has 0 heterocycles. The third kappa shape index (κ3) is 2.73. The van der Waals surface area contributed by atoms with Gasteiger partial charge in [0.2, 0.25) is 0 Å². The number of hydrogen-bond acceptors (Lipinski definition) is 2. The minimum atomic E-state index is -0.0111. The summed E-state index contributed by atoms with van der Waals surface area (Å²) in [6.45, 7) is 3.13. The van der Waals surface area contributed by atoms with E-state index in [1.54, 1.807) is 23.9 Å². The largest absolute Gasteiger partial charge is 0.330 e. The first-order chi connectivity index (χ1) is 7.60. The Morgan fingerprint density at radius 2 is 1.81 bits per heavy atom. The highest BCUT2D eigenvalue weighted by Gasteiger charge is 2.14. The fourth-order valence-corrected chi connectivity index (χ4v) is 1.48. The highest BCUT2D eigenvalue weighted by Crippen LogP contribution is 2.16. The van der Waals surface area contributed by atoms with E-state index < -0.39 is 0 Å². The van der Waals surface area contributed by atoms with E-state index in [0.29, 0.717) is 13.1 Å². The molecule has 0 aliphatic heterocycles. The number of amides is 2. The summed E-state index contributed by atoms with van der Waals surface area (Å²) in [6.07, 6.45) is 0. The maximum Gasteiger partial charge on any atom is 0.323 e. The molecule has 0 radical (unpaired) electrons. The van der Waals surface area contributed by atoms with Crippen LogP contribution < -0.4 is 10.6 Å². The van der Waals surface area contributed by atoms with Crippen LogP contribution in [-0.4, -0.2) is 31.6 Å². The predicted octanol–water partition coefficient (Wildman–Crippen LogP) is 1.65. The van der Waals surface area contributed by atoms with Crippen LogP contribution in [0.3, 0.4) is 0 Å². The molecule has 4 nitrogen and oxygen atoms in total. The summed E-state index contributed by atoms with van der Waals surface area (Å²) in [5, 5.41) is 0. The van der Waals surface area contributed by atoms with Gasteiger partial charge < -0.3 is 10.6 Å². The summed E-state index contributed by atoms with van der Waals surface area (Å²) in [5.74, 6) is 0. The number of carbonyl (C=O) groups is 1. The molecule has 1 rings (SSSR count). The molecule has 2 N–H and O–H groups in total. The van der Waals surface area contributed by atoms with E-state index in [1.165, 1.54) is 0 Å². The molecular weight excluding hydrogens is 202 g/mol. The zero-order chi connectivity index (χ0) is 12.1. The van der Waals surface area contributed by atoms with E-state index in [1.807, 2.05) is 31.2 Å². The lowest BCUT2D eigenvalue weighted by Gasteiger charge is -2.24. The molecule has 0 aliphatic carbocycles. The van der Waals surface area contributed by atoms with Crippen LogP contribution in [0.25, 0.3) is 0 Å². The van der Waals surface area contributed by atoms with Crippen molar-refractivity contribution >= 4 is 11.7 Å². The molecule has 0 aromatic heterocycles. The molecule has 0 saturated carbocycles. The van der Waals surface area contributed by atoms with E-state index in [0.717, 1.165) is 11.3 Å². The van der Waals surface area contributed by atoms with Crippen LogP contribution in [0.1, 0.15) is 12.5 Å². The predicted molar refractivity (Wildman–Crippen MR) is 66.4 cm³/mol. The molecule has 0 spiro atoms. The van der Waals surface area contributed by atoms with Crippen LogP contribution in [0.4, 0.5) is 10.5 Å². The topological polar surface area (TPSA) is 49.6 Å². The van der Waals surface area contributed by atoms with Crippen molar-refractivity contribution in [3.63, 3.8) is 0 Å². The molecule has 0 aliphatic rings.